The van der Waals surface area contributed by atoms with E-state index in [1.165, 1.54) is 0 Å². The maximum Gasteiger partial charge on any atom is 0.236 e. The van der Waals surface area contributed by atoms with Gasteiger partial charge in [-0.15, -0.1) is 0 Å². The molecule has 0 bridgehead atoms. The smallest absolute Gasteiger partial charge is 0.236 e. The summed E-state index contributed by atoms with van der Waals surface area (Å²) in [7, 11) is 1.61. The molecule has 0 unspecified atom stereocenters. The Balaban J connectivity index is 1.80. The van der Waals surface area contributed by atoms with E-state index in [9.17, 15) is 9.59 Å². The van der Waals surface area contributed by atoms with Crippen molar-refractivity contribution in [2.75, 3.05) is 12.4 Å². The first-order valence-electron chi connectivity index (χ1n) is 10.5. The van der Waals surface area contributed by atoms with Crippen LogP contribution in [0.25, 0.3) is 0 Å². The Kier molecular flexibility index (Phi) is 5.23. The number of methoxy groups -OCH3 is 1. The van der Waals surface area contributed by atoms with Crippen LogP contribution < -0.4 is 10.1 Å². The first-order valence-corrected chi connectivity index (χ1v) is 11.2. The molecule has 1 aliphatic carbocycles. The van der Waals surface area contributed by atoms with Crippen LogP contribution in [0.15, 0.2) is 66.7 Å². The Morgan fingerprint density at radius 3 is 2.22 bits per heavy atom. The quantitative estimate of drug-likeness (QED) is 0.506. The highest BCUT2D eigenvalue weighted by Crippen LogP contribution is 2.60. The molecule has 1 spiro atoms. The minimum absolute atomic E-state index is 0.114. The molecule has 3 aromatic rings. The number of ether oxygens (including phenoxy) is 1. The molecule has 5 rings (SSSR count). The monoisotopic (exact) mass is 465 g/mol. The third kappa shape index (κ3) is 3.21. The van der Waals surface area contributed by atoms with Crippen LogP contribution in [0.5, 0.6) is 5.75 Å². The maximum absolute atomic E-state index is 13.9. The zero-order valence-electron chi connectivity index (χ0n) is 17.4. The lowest BCUT2D eigenvalue weighted by Crippen LogP contribution is -2.50. The lowest BCUT2D eigenvalue weighted by molar-refractivity contribution is -0.128. The molecule has 0 aromatic heterocycles. The van der Waals surface area contributed by atoms with Gasteiger partial charge in [0, 0.05) is 40.4 Å². The third-order valence-corrected chi connectivity index (χ3v) is 7.23. The van der Waals surface area contributed by atoms with Crippen LogP contribution in [0.4, 0.5) is 5.69 Å². The minimum atomic E-state index is -0.981. The molecule has 6 heteroatoms. The number of amides is 1. The average molecular weight is 466 g/mol. The Morgan fingerprint density at radius 2 is 1.53 bits per heavy atom. The fraction of sp³-hybridized carbons (Fsp3) is 0.231. The Bertz CT molecular complexity index is 1240. The highest BCUT2D eigenvalue weighted by molar-refractivity contribution is 6.31. The number of hydrogen-bond acceptors (Lipinski definition) is 3. The van der Waals surface area contributed by atoms with Gasteiger partial charge in [-0.05, 0) is 53.1 Å². The number of carbonyl (C=O) groups excluding carboxylic acids is 2. The van der Waals surface area contributed by atoms with Crippen molar-refractivity contribution in [2.24, 2.45) is 0 Å². The van der Waals surface area contributed by atoms with Gasteiger partial charge in [-0.1, -0.05) is 53.5 Å². The average Bonchev–Trinajstić information content (AvgIpc) is 3.06. The third-order valence-electron chi connectivity index (χ3n) is 6.76. The van der Waals surface area contributed by atoms with Gasteiger partial charge < -0.3 is 10.1 Å². The van der Waals surface area contributed by atoms with Crippen molar-refractivity contribution in [3.63, 3.8) is 0 Å². The van der Waals surface area contributed by atoms with Gasteiger partial charge in [-0.3, -0.25) is 9.59 Å². The molecule has 0 saturated heterocycles. The molecule has 3 atom stereocenters. The summed E-state index contributed by atoms with van der Waals surface area (Å²) in [6.07, 6.45) is 0.524. The molecule has 3 aromatic carbocycles. The van der Waals surface area contributed by atoms with Crippen molar-refractivity contribution < 1.29 is 14.3 Å². The van der Waals surface area contributed by atoms with Crippen molar-refractivity contribution in [3.8, 4) is 5.75 Å². The number of halogens is 2. The summed E-state index contributed by atoms with van der Waals surface area (Å²) >= 11 is 12.6. The normalized spacial score (nSPS) is 24.3. The highest BCUT2D eigenvalue weighted by Gasteiger charge is 2.60. The molecule has 32 heavy (non-hydrogen) atoms. The van der Waals surface area contributed by atoms with E-state index in [-0.39, 0.29) is 36.4 Å². The SMILES string of the molecule is COc1cccc([C@H]2CC(=O)C[C@@H](c3cccc(Cl)c3)[C@]23C(=O)Nc2cc(Cl)ccc23)c1. The van der Waals surface area contributed by atoms with Gasteiger partial charge >= 0.3 is 0 Å². The van der Waals surface area contributed by atoms with Gasteiger partial charge in [-0.2, -0.15) is 0 Å². The molecular formula is C26H21Cl2NO3. The van der Waals surface area contributed by atoms with E-state index in [1.54, 1.807) is 25.3 Å². The molecule has 1 aliphatic heterocycles. The van der Waals surface area contributed by atoms with Crippen LogP contribution in [0.1, 0.15) is 41.4 Å². The summed E-state index contributed by atoms with van der Waals surface area (Å²) in [5.74, 6) is -0.0697. The number of carbonyl (C=O) groups is 2. The van der Waals surface area contributed by atoms with E-state index >= 15 is 0 Å². The number of Topliss-reactive ketones (excluding diaryl/α,β-unsaturated/α-hetero) is 1. The van der Waals surface area contributed by atoms with Crippen LogP contribution >= 0.6 is 23.2 Å². The molecule has 0 radical (unpaired) electrons. The van der Waals surface area contributed by atoms with Crippen LogP contribution in [-0.4, -0.2) is 18.8 Å². The van der Waals surface area contributed by atoms with Crippen LogP contribution in [0, 0.1) is 0 Å². The van der Waals surface area contributed by atoms with E-state index < -0.39 is 5.41 Å². The van der Waals surface area contributed by atoms with Crippen molar-refractivity contribution in [1.82, 2.24) is 0 Å². The van der Waals surface area contributed by atoms with E-state index in [0.717, 1.165) is 16.7 Å². The number of ketones is 1. The predicted octanol–water partition coefficient (Wildman–Crippen LogP) is 6.12. The second-order valence-corrected chi connectivity index (χ2v) is 9.27. The number of fused-ring (bicyclic) bond motifs is 2. The summed E-state index contributed by atoms with van der Waals surface area (Å²) in [5, 5.41) is 4.18. The molecule has 1 saturated carbocycles. The van der Waals surface area contributed by atoms with Crippen molar-refractivity contribution in [3.05, 3.63) is 93.5 Å². The molecule has 1 N–H and O–H groups in total. The molecule has 2 aliphatic rings. The number of rotatable bonds is 3. The first kappa shape index (κ1) is 21.0. The summed E-state index contributed by atoms with van der Waals surface area (Å²) < 4.78 is 5.44. The fourth-order valence-corrected chi connectivity index (χ4v) is 5.84. The highest BCUT2D eigenvalue weighted by atomic mass is 35.5. The van der Waals surface area contributed by atoms with Crippen molar-refractivity contribution >= 4 is 40.6 Å². The van der Waals surface area contributed by atoms with E-state index in [2.05, 4.69) is 5.32 Å². The van der Waals surface area contributed by atoms with Gasteiger partial charge in [0.2, 0.25) is 5.91 Å². The van der Waals surface area contributed by atoms with Gasteiger partial charge in [0.15, 0.2) is 0 Å². The summed E-state index contributed by atoms with van der Waals surface area (Å²) in [4.78, 5) is 27.0. The van der Waals surface area contributed by atoms with E-state index in [4.69, 9.17) is 27.9 Å². The summed E-state index contributed by atoms with van der Waals surface area (Å²) in [6, 6.07) is 20.6. The first-order chi connectivity index (χ1) is 15.4. The summed E-state index contributed by atoms with van der Waals surface area (Å²) in [5.41, 5.74) is 2.33. The van der Waals surface area contributed by atoms with E-state index in [0.29, 0.717) is 21.5 Å². The number of benzene rings is 3. The van der Waals surface area contributed by atoms with Crippen LogP contribution in [-0.2, 0) is 15.0 Å². The fourth-order valence-electron chi connectivity index (χ4n) is 5.47. The number of nitrogens with one attached hydrogen (secondary N) is 1. The van der Waals surface area contributed by atoms with Gasteiger partial charge in [0.1, 0.15) is 11.5 Å². The predicted molar refractivity (Wildman–Crippen MR) is 126 cm³/mol. The Labute approximate surface area is 196 Å². The Morgan fingerprint density at radius 1 is 0.875 bits per heavy atom. The second-order valence-electron chi connectivity index (χ2n) is 8.40. The van der Waals surface area contributed by atoms with E-state index in [1.807, 2.05) is 48.5 Å². The van der Waals surface area contributed by atoms with Crippen LogP contribution in [0.2, 0.25) is 10.0 Å². The van der Waals surface area contributed by atoms with Gasteiger partial charge in [0.25, 0.3) is 0 Å². The molecule has 162 valence electrons. The lowest BCUT2D eigenvalue weighted by Gasteiger charge is -2.46. The van der Waals surface area contributed by atoms with Crippen molar-refractivity contribution in [2.45, 2.75) is 30.1 Å². The maximum atomic E-state index is 13.9. The van der Waals surface area contributed by atoms with Gasteiger partial charge in [0.05, 0.1) is 12.5 Å². The number of anilines is 1. The zero-order valence-corrected chi connectivity index (χ0v) is 18.9. The van der Waals surface area contributed by atoms with Gasteiger partial charge in [-0.25, -0.2) is 0 Å². The minimum Gasteiger partial charge on any atom is -0.497 e. The molecule has 1 amide bonds. The Hall–Kier alpha value is -2.82. The number of hydrogen-bond donors (Lipinski definition) is 1. The molecule has 4 nitrogen and oxygen atoms in total. The molecular weight excluding hydrogens is 445 g/mol. The largest absolute Gasteiger partial charge is 0.497 e. The topological polar surface area (TPSA) is 55.4 Å². The second kappa shape index (κ2) is 7.95. The summed E-state index contributed by atoms with van der Waals surface area (Å²) in [6.45, 7) is 0. The zero-order chi connectivity index (χ0) is 22.5. The lowest BCUT2D eigenvalue weighted by atomic mass is 9.54. The molecule has 1 heterocycles. The molecule has 1 fully saturated rings. The standard InChI is InChI=1S/C26H21Cl2NO3/c1-32-20-7-3-5-16(11-20)23-14-19(30)13-22(15-4-2-6-17(27)10-15)26(23)21-9-8-18(28)12-24(21)29-25(26)31/h2-12,22-23H,13-14H2,1H3,(H,29,31)/t22-,23+,26-/m0/s1. The van der Waals surface area contributed by atoms with Crippen molar-refractivity contribution in [1.29, 1.82) is 0 Å². The van der Waals surface area contributed by atoms with Crippen LogP contribution in [0.3, 0.4) is 0 Å².